The van der Waals surface area contributed by atoms with Gasteiger partial charge < -0.3 is 9.84 Å². The fourth-order valence-corrected chi connectivity index (χ4v) is 3.11. The zero-order chi connectivity index (χ0) is 17.9. The maximum absolute atomic E-state index is 12.8. The largest absolute Gasteiger partial charge is 0.480 e. The van der Waals surface area contributed by atoms with Gasteiger partial charge in [-0.2, -0.15) is 0 Å². The van der Waals surface area contributed by atoms with Crippen molar-refractivity contribution in [3.63, 3.8) is 0 Å². The molecule has 1 aromatic rings. The number of carboxylic acids is 1. The monoisotopic (exact) mass is 333 g/mol. The Morgan fingerprint density at radius 2 is 1.92 bits per heavy atom. The van der Waals surface area contributed by atoms with Gasteiger partial charge in [0.15, 0.2) is 0 Å². The van der Waals surface area contributed by atoms with Crippen LogP contribution in [0, 0.1) is 11.8 Å². The lowest BCUT2D eigenvalue weighted by Gasteiger charge is -2.26. The van der Waals surface area contributed by atoms with Gasteiger partial charge in [-0.15, -0.1) is 0 Å². The SMILES string of the molecule is CCOC(=O)[C@H](C)C[C@@H](C)C(=O)N1c2ccccc2CC1C(=O)O. The van der Waals surface area contributed by atoms with Crippen molar-refractivity contribution in [3.05, 3.63) is 29.8 Å². The number of carboxylic acid groups (broad SMARTS) is 1. The van der Waals surface area contributed by atoms with Crippen LogP contribution in [-0.2, 0) is 25.5 Å². The zero-order valence-electron chi connectivity index (χ0n) is 14.2. The number of esters is 1. The number of para-hydroxylation sites is 1. The Morgan fingerprint density at radius 1 is 1.25 bits per heavy atom. The van der Waals surface area contributed by atoms with E-state index in [4.69, 9.17) is 4.74 Å². The van der Waals surface area contributed by atoms with Crippen LogP contribution in [0.1, 0.15) is 32.8 Å². The van der Waals surface area contributed by atoms with Crippen LogP contribution in [0.25, 0.3) is 0 Å². The Kier molecular flexibility index (Phi) is 5.59. The van der Waals surface area contributed by atoms with E-state index >= 15 is 0 Å². The van der Waals surface area contributed by atoms with Crippen molar-refractivity contribution in [1.82, 2.24) is 0 Å². The first-order valence-corrected chi connectivity index (χ1v) is 8.17. The molecule has 0 aromatic heterocycles. The molecule has 0 saturated heterocycles. The van der Waals surface area contributed by atoms with E-state index in [9.17, 15) is 19.5 Å². The van der Waals surface area contributed by atoms with E-state index in [0.29, 0.717) is 25.1 Å². The first kappa shape index (κ1) is 18.0. The van der Waals surface area contributed by atoms with E-state index < -0.39 is 23.8 Å². The van der Waals surface area contributed by atoms with Crippen LogP contribution < -0.4 is 4.90 Å². The van der Waals surface area contributed by atoms with Crippen LogP contribution in [0.15, 0.2) is 24.3 Å². The zero-order valence-corrected chi connectivity index (χ0v) is 14.2. The number of hydrogen-bond acceptors (Lipinski definition) is 4. The molecule has 0 aliphatic carbocycles. The number of anilines is 1. The number of fused-ring (bicyclic) bond motifs is 1. The topological polar surface area (TPSA) is 83.9 Å². The van der Waals surface area contributed by atoms with Gasteiger partial charge in [-0.1, -0.05) is 32.0 Å². The number of hydrogen-bond donors (Lipinski definition) is 1. The predicted molar refractivity (Wildman–Crippen MR) is 88.6 cm³/mol. The average molecular weight is 333 g/mol. The van der Waals surface area contributed by atoms with Gasteiger partial charge in [0.2, 0.25) is 5.91 Å². The Balaban J connectivity index is 2.17. The maximum atomic E-state index is 12.8. The lowest BCUT2D eigenvalue weighted by atomic mass is 9.95. The standard InChI is InChI=1S/C18H23NO5/c1-4-24-18(23)12(3)9-11(2)16(20)19-14-8-6-5-7-13(14)10-15(19)17(21)22/h5-8,11-12,15H,4,9-10H2,1-3H3,(H,21,22)/t11-,12-,15?/m1/s1. The van der Waals surface area contributed by atoms with E-state index in [0.717, 1.165) is 5.56 Å². The van der Waals surface area contributed by atoms with E-state index in [1.165, 1.54) is 4.90 Å². The summed E-state index contributed by atoms with van der Waals surface area (Å²) < 4.78 is 4.97. The van der Waals surface area contributed by atoms with Crippen molar-refractivity contribution in [2.75, 3.05) is 11.5 Å². The molecule has 6 nitrogen and oxygen atoms in total. The van der Waals surface area contributed by atoms with Gasteiger partial charge in [0.1, 0.15) is 6.04 Å². The molecule has 1 amide bonds. The van der Waals surface area contributed by atoms with Crippen LogP contribution in [0.3, 0.4) is 0 Å². The normalized spacial score (nSPS) is 18.6. The Morgan fingerprint density at radius 3 is 2.54 bits per heavy atom. The third-order valence-electron chi connectivity index (χ3n) is 4.32. The smallest absolute Gasteiger partial charge is 0.327 e. The highest BCUT2D eigenvalue weighted by atomic mass is 16.5. The van der Waals surface area contributed by atoms with Crippen LogP contribution in [-0.4, -0.2) is 35.6 Å². The lowest BCUT2D eigenvalue weighted by molar-refractivity contribution is -0.148. The molecule has 130 valence electrons. The van der Waals surface area contributed by atoms with Crippen molar-refractivity contribution >= 4 is 23.5 Å². The molecule has 0 spiro atoms. The molecule has 1 N–H and O–H groups in total. The molecule has 6 heteroatoms. The third kappa shape index (κ3) is 3.58. The van der Waals surface area contributed by atoms with Gasteiger partial charge in [0, 0.05) is 18.0 Å². The Bertz CT molecular complexity index is 642. The van der Waals surface area contributed by atoms with Crippen molar-refractivity contribution in [3.8, 4) is 0 Å². The molecule has 2 rings (SSSR count). The van der Waals surface area contributed by atoms with Crippen LogP contribution in [0.5, 0.6) is 0 Å². The highest BCUT2D eigenvalue weighted by Gasteiger charge is 2.40. The second kappa shape index (κ2) is 7.47. The minimum atomic E-state index is -1.02. The highest BCUT2D eigenvalue weighted by molar-refractivity contribution is 6.03. The van der Waals surface area contributed by atoms with Gasteiger partial charge >= 0.3 is 11.9 Å². The first-order valence-electron chi connectivity index (χ1n) is 8.17. The summed E-state index contributed by atoms with van der Waals surface area (Å²) in [5.41, 5.74) is 1.49. The number of carbonyl (C=O) groups excluding carboxylic acids is 2. The van der Waals surface area contributed by atoms with E-state index in [-0.39, 0.29) is 11.9 Å². The predicted octanol–water partition coefficient (Wildman–Crippen LogP) is 2.25. The molecular weight excluding hydrogens is 310 g/mol. The van der Waals surface area contributed by atoms with E-state index in [2.05, 4.69) is 0 Å². The van der Waals surface area contributed by atoms with Gasteiger partial charge in [0.05, 0.1) is 12.5 Å². The average Bonchev–Trinajstić information content (AvgIpc) is 2.93. The molecule has 0 saturated carbocycles. The Labute approximate surface area is 141 Å². The van der Waals surface area contributed by atoms with Crippen molar-refractivity contribution < 1.29 is 24.2 Å². The van der Waals surface area contributed by atoms with E-state index in [1.807, 2.05) is 12.1 Å². The minimum Gasteiger partial charge on any atom is -0.480 e. The van der Waals surface area contributed by atoms with Crippen LogP contribution in [0.4, 0.5) is 5.69 Å². The number of carbonyl (C=O) groups is 3. The van der Waals surface area contributed by atoms with Gasteiger partial charge in [-0.05, 0) is 25.0 Å². The van der Waals surface area contributed by atoms with Gasteiger partial charge in [-0.3, -0.25) is 14.5 Å². The van der Waals surface area contributed by atoms with Crippen LogP contribution >= 0.6 is 0 Å². The fraction of sp³-hybridized carbons (Fsp3) is 0.500. The molecule has 0 bridgehead atoms. The number of amides is 1. The number of rotatable bonds is 6. The molecular formula is C18H23NO5. The second-order valence-corrected chi connectivity index (χ2v) is 6.18. The first-order chi connectivity index (χ1) is 11.4. The molecule has 3 atom stereocenters. The third-order valence-corrected chi connectivity index (χ3v) is 4.32. The second-order valence-electron chi connectivity index (χ2n) is 6.18. The number of ether oxygens (including phenoxy) is 1. The molecule has 1 aliphatic rings. The molecule has 24 heavy (non-hydrogen) atoms. The van der Waals surface area contributed by atoms with E-state index in [1.54, 1.807) is 32.9 Å². The lowest BCUT2D eigenvalue weighted by Crippen LogP contribution is -2.45. The summed E-state index contributed by atoms with van der Waals surface area (Å²) >= 11 is 0. The molecule has 1 unspecified atom stereocenters. The van der Waals surface area contributed by atoms with Crippen molar-refractivity contribution in [1.29, 1.82) is 0 Å². The fourth-order valence-electron chi connectivity index (χ4n) is 3.11. The molecule has 1 aromatic carbocycles. The Hall–Kier alpha value is -2.37. The molecule has 1 aliphatic heterocycles. The summed E-state index contributed by atoms with van der Waals surface area (Å²) in [5, 5.41) is 9.46. The number of benzene rings is 1. The number of nitrogens with zero attached hydrogens (tertiary/aromatic N) is 1. The molecule has 0 radical (unpaired) electrons. The summed E-state index contributed by atoms with van der Waals surface area (Å²) in [6.45, 7) is 5.47. The maximum Gasteiger partial charge on any atom is 0.327 e. The number of aliphatic carboxylic acids is 1. The molecule has 1 heterocycles. The van der Waals surface area contributed by atoms with Crippen molar-refractivity contribution in [2.24, 2.45) is 11.8 Å². The minimum absolute atomic E-state index is 0.275. The van der Waals surface area contributed by atoms with Gasteiger partial charge in [0.25, 0.3) is 0 Å². The molecule has 0 fully saturated rings. The summed E-state index contributed by atoms with van der Waals surface area (Å²) in [6, 6.07) is 6.32. The summed E-state index contributed by atoms with van der Waals surface area (Å²) in [5.74, 6) is -2.52. The summed E-state index contributed by atoms with van der Waals surface area (Å²) in [4.78, 5) is 37.5. The summed E-state index contributed by atoms with van der Waals surface area (Å²) in [6.07, 6.45) is 0.625. The van der Waals surface area contributed by atoms with Crippen LogP contribution in [0.2, 0.25) is 0 Å². The van der Waals surface area contributed by atoms with Gasteiger partial charge in [-0.25, -0.2) is 4.79 Å². The van der Waals surface area contributed by atoms with Crippen molar-refractivity contribution in [2.45, 2.75) is 39.7 Å². The quantitative estimate of drug-likeness (QED) is 0.807. The summed E-state index contributed by atoms with van der Waals surface area (Å²) in [7, 11) is 0. The highest BCUT2D eigenvalue weighted by Crippen LogP contribution is 2.34.